The van der Waals surface area contributed by atoms with Gasteiger partial charge in [0, 0.05) is 6.42 Å². The zero-order chi connectivity index (χ0) is 8.70. The molecule has 1 saturated carbocycles. The Hall–Kier alpha value is -0.210. The van der Waals surface area contributed by atoms with Gasteiger partial charge in [-0.05, 0) is 17.8 Å². The van der Waals surface area contributed by atoms with Gasteiger partial charge >= 0.3 is 6.18 Å². The van der Waals surface area contributed by atoms with E-state index in [1.807, 2.05) is 13.8 Å². The smallest absolute Gasteiger partial charge is 0.171 e. The summed E-state index contributed by atoms with van der Waals surface area (Å²) in [5.41, 5.74) is -0.00444. The van der Waals surface area contributed by atoms with Crippen molar-refractivity contribution in [2.75, 3.05) is 0 Å². The highest BCUT2D eigenvalue weighted by Gasteiger charge is 2.52. The van der Waals surface area contributed by atoms with Crippen LogP contribution in [0.5, 0.6) is 0 Å². The Morgan fingerprint density at radius 3 is 2.27 bits per heavy atom. The Bertz CT molecular complexity index is 150. The van der Waals surface area contributed by atoms with Gasteiger partial charge in [0.2, 0.25) is 0 Å². The first-order valence-corrected chi connectivity index (χ1v) is 3.94. The summed E-state index contributed by atoms with van der Waals surface area (Å²) in [5, 5.41) is 0. The summed E-state index contributed by atoms with van der Waals surface area (Å²) < 4.78 is 35.5. The number of hydrogen-bond donors (Lipinski definition) is 0. The van der Waals surface area contributed by atoms with Crippen LogP contribution >= 0.6 is 0 Å². The minimum Gasteiger partial charge on any atom is -0.171 e. The molecule has 2 unspecified atom stereocenters. The molecule has 1 fully saturated rings. The molecular formula is C8H13F3. The fourth-order valence-electron chi connectivity index (χ4n) is 1.53. The Labute approximate surface area is 64.8 Å². The zero-order valence-corrected chi connectivity index (χ0v) is 6.83. The van der Waals surface area contributed by atoms with E-state index >= 15 is 0 Å². The molecule has 0 heterocycles. The van der Waals surface area contributed by atoms with E-state index in [0.29, 0.717) is 0 Å². The Balaban J connectivity index is 2.34. The van der Waals surface area contributed by atoms with Crippen molar-refractivity contribution < 1.29 is 13.2 Å². The summed E-state index contributed by atoms with van der Waals surface area (Å²) in [6.45, 7) is 3.89. The van der Waals surface area contributed by atoms with Crippen LogP contribution in [0.15, 0.2) is 0 Å². The lowest BCUT2D eigenvalue weighted by Gasteiger charge is -2.09. The standard InChI is InChI=1S/C8H13F3/c1-3-7(2)4-6(7)5-8(9,10)11/h6H,3-5H2,1-2H3. The highest BCUT2D eigenvalue weighted by molar-refractivity contribution is 4.98. The molecule has 11 heavy (non-hydrogen) atoms. The van der Waals surface area contributed by atoms with E-state index in [-0.39, 0.29) is 11.3 Å². The van der Waals surface area contributed by atoms with Gasteiger partial charge in [-0.3, -0.25) is 0 Å². The van der Waals surface area contributed by atoms with Crippen LogP contribution in [0.3, 0.4) is 0 Å². The summed E-state index contributed by atoms with van der Waals surface area (Å²) in [6, 6.07) is 0. The second-order valence-corrected chi connectivity index (χ2v) is 3.73. The van der Waals surface area contributed by atoms with Gasteiger partial charge < -0.3 is 0 Å². The molecule has 0 saturated heterocycles. The van der Waals surface area contributed by atoms with E-state index in [4.69, 9.17) is 0 Å². The molecule has 0 spiro atoms. The Kier molecular flexibility index (Phi) is 1.93. The van der Waals surface area contributed by atoms with E-state index in [0.717, 1.165) is 12.8 Å². The molecule has 0 N–H and O–H groups in total. The van der Waals surface area contributed by atoms with Crippen molar-refractivity contribution in [3.05, 3.63) is 0 Å². The minimum atomic E-state index is -3.96. The number of alkyl halides is 3. The number of hydrogen-bond acceptors (Lipinski definition) is 0. The fraction of sp³-hybridized carbons (Fsp3) is 1.00. The van der Waals surface area contributed by atoms with E-state index in [1.54, 1.807) is 0 Å². The van der Waals surface area contributed by atoms with Gasteiger partial charge in [-0.25, -0.2) is 0 Å². The minimum absolute atomic E-state index is 0.00444. The van der Waals surface area contributed by atoms with Crippen LogP contribution in [-0.4, -0.2) is 6.18 Å². The molecule has 1 rings (SSSR count). The van der Waals surface area contributed by atoms with Gasteiger partial charge in [-0.2, -0.15) is 13.2 Å². The molecule has 0 aromatic rings. The quantitative estimate of drug-likeness (QED) is 0.590. The first-order valence-electron chi connectivity index (χ1n) is 3.94. The highest BCUT2D eigenvalue weighted by Crippen LogP contribution is 2.58. The molecule has 0 radical (unpaired) electrons. The lowest BCUT2D eigenvalue weighted by molar-refractivity contribution is -0.140. The molecule has 66 valence electrons. The van der Waals surface area contributed by atoms with Crippen LogP contribution in [0.4, 0.5) is 13.2 Å². The van der Waals surface area contributed by atoms with Crippen molar-refractivity contribution in [1.29, 1.82) is 0 Å². The molecule has 0 aromatic heterocycles. The maximum atomic E-state index is 11.8. The number of rotatable bonds is 2. The Morgan fingerprint density at radius 2 is 2.00 bits per heavy atom. The molecule has 0 aliphatic heterocycles. The predicted octanol–water partition coefficient (Wildman–Crippen LogP) is 3.38. The van der Waals surface area contributed by atoms with Crippen molar-refractivity contribution in [2.45, 2.75) is 39.3 Å². The molecule has 0 aromatic carbocycles. The molecule has 0 nitrogen and oxygen atoms in total. The van der Waals surface area contributed by atoms with Gasteiger partial charge in [-0.1, -0.05) is 20.3 Å². The van der Waals surface area contributed by atoms with Crippen molar-refractivity contribution in [2.24, 2.45) is 11.3 Å². The third-order valence-electron chi connectivity index (χ3n) is 2.82. The van der Waals surface area contributed by atoms with Gasteiger partial charge in [-0.15, -0.1) is 0 Å². The van der Waals surface area contributed by atoms with Crippen LogP contribution in [0.25, 0.3) is 0 Å². The topological polar surface area (TPSA) is 0 Å². The van der Waals surface area contributed by atoms with Gasteiger partial charge in [0.25, 0.3) is 0 Å². The van der Waals surface area contributed by atoms with Crippen LogP contribution in [-0.2, 0) is 0 Å². The molecule has 3 heteroatoms. The lowest BCUT2D eigenvalue weighted by Crippen LogP contribution is -2.10. The predicted molar refractivity (Wildman–Crippen MR) is 37.2 cm³/mol. The summed E-state index contributed by atoms with van der Waals surface area (Å²) in [5.74, 6) is -0.104. The maximum absolute atomic E-state index is 11.8. The lowest BCUT2D eigenvalue weighted by atomic mass is 10.0. The van der Waals surface area contributed by atoms with Crippen molar-refractivity contribution in [3.8, 4) is 0 Å². The molecular weight excluding hydrogens is 153 g/mol. The Morgan fingerprint density at radius 1 is 1.45 bits per heavy atom. The summed E-state index contributed by atoms with van der Waals surface area (Å²) in [7, 11) is 0. The summed E-state index contributed by atoms with van der Waals surface area (Å²) >= 11 is 0. The first kappa shape index (κ1) is 8.88. The van der Waals surface area contributed by atoms with Crippen molar-refractivity contribution >= 4 is 0 Å². The molecule has 2 atom stereocenters. The molecule has 0 amide bonds. The molecule has 1 aliphatic rings. The van der Waals surface area contributed by atoms with Crippen LogP contribution in [0.2, 0.25) is 0 Å². The van der Waals surface area contributed by atoms with E-state index in [2.05, 4.69) is 0 Å². The van der Waals surface area contributed by atoms with E-state index in [1.165, 1.54) is 0 Å². The van der Waals surface area contributed by atoms with Gasteiger partial charge in [0.1, 0.15) is 0 Å². The summed E-state index contributed by atoms with van der Waals surface area (Å²) in [4.78, 5) is 0. The molecule has 1 aliphatic carbocycles. The second-order valence-electron chi connectivity index (χ2n) is 3.73. The van der Waals surface area contributed by atoms with Crippen LogP contribution in [0.1, 0.15) is 33.1 Å². The third-order valence-corrected chi connectivity index (χ3v) is 2.82. The van der Waals surface area contributed by atoms with Gasteiger partial charge in [0.15, 0.2) is 0 Å². The zero-order valence-electron chi connectivity index (χ0n) is 6.83. The average molecular weight is 166 g/mol. The monoisotopic (exact) mass is 166 g/mol. The number of halogens is 3. The van der Waals surface area contributed by atoms with E-state index in [9.17, 15) is 13.2 Å². The average Bonchev–Trinajstić information content (AvgIpc) is 2.40. The summed E-state index contributed by atoms with van der Waals surface area (Å²) in [6.07, 6.45) is -2.92. The molecule has 0 bridgehead atoms. The normalized spacial score (nSPS) is 37.4. The maximum Gasteiger partial charge on any atom is 0.389 e. The van der Waals surface area contributed by atoms with Gasteiger partial charge in [0.05, 0.1) is 0 Å². The third kappa shape index (κ3) is 2.11. The SMILES string of the molecule is CCC1(C)CC1CC(F)(F)F. The highest BCUT2D eigenvalue weighted by atomic mass is 19.4. The van der Waals surface area contributed by atoms with E-state index < -0.39 is 12.6 Å². The largest absolute Gasteiger partial charge is 0.389 e. The van der Waals surface area contributed by atoms with Crippen molar-refractivity contribution in [3.63, 3.8) is 0 Å². The second kappa shape index (κ2) is 2.39. The fourth-order valence-corrected chi connectivity index (χ4v) is 1.53. The van der Waals surface area contributed by atoms with Crippen molar-refractivity contribution in [1.82, 2.24) is 0 Å². The van der Waals surface area contributed by atoms with Crippen LogP contribution < -0.4 is 0 Å². The van der Waals surface area contributed by atoms with Crippen LogP contribution in [0, 0.1) is 11.3 Å². The first-order chi connectivity index (χ1) is 4.87.